The van der Waals surface area contributed by atoms with Crippen molar-refractivity contribution in [3.8, 4) is 0 Å². The molecule has 1 nitrogen and oxygen atoms in total. The Kier molecular flexibility index (Phi) is 4.10. The SMILES string of the molecule is FC(F)(F)c1ccc(CCNc2cc[c]cc2)cc1. The number of anilines is 1. The summed E-state index contributed by atoms with van der Waals surface area (Å²) in [5, 5.41) is 3.20. The average Bonchev–Trinajstić information content (AvgIpc) is 2.39. The summed E-state index contributed by atoms with van der Waals surface area (Å²) in [6.07, 6.45) is -3.59. The lowest BCUT2D eigenvalue weighted by Gasteiger charge is -2.08. The van der Waals surface area contributed by atoms with Crippen LogP contribution in [0.5, 0.6) is 0 Å². The Bertz CT molecular complexity index is 503. The van der Waals surface area contributed by atoms with Crippen molar-refractivity contribution in [2.75, 3.05) is 11.9 Å². The molecule has 0 spiro atoms. The quantitative estimate of drug-likeness (QED) is 0.874. The van der Waals surface area contributed by atoms with Gasteiger partial charge in [0.05, 0.1) is 5.56 Å². The molecule has 19 heavy (non-hydrogen) atoms. The molecule has 1 N–H and O–H groups in total. The maximum absolute atomic E-state index is 12.4. The molecule has 2 aromatic rings. The number of alkyl halides is 3. The van der Waals surface area contributed by atoms with E-state index in [1.807, 2.05) is 12.1 Å². The highest BCUT2D eigenvalue weighted by Gasteiger charge is 2.29. The topological polar surface area (TPSA) is 12.0 Å². The molecule has 0 fully saturated rings. The van der Waals surface area contributed by atoms with E-state index >= 15 is 0 Å². The van der Waals surface area contributed by atoms with Gasteiger partial charge in [-0.3, -0.25) is 0 Å². The summed E-state index contributed by atoms with van der Waals surface area (Å²) in [7, 11) is 0. The average molecular weight is 264 g/mol. The molecule has 0 aromatic heterocycles. The Morgan fingerprint density at radius 3 is 2.16 bits per heavy atom. The van der Waals surface area contributed by atoms with E-state index in [0.717, 1.165) is 23.4 Å². The van der Waals surface area contributed by atoms with Gasteiger partial charge in [-0.25, -0.2) is 0 Å². The molecule has 2 rings (SSSR count). The van der Waals surface area contributed by atoms with Gasteiger partial charge in [-0.1, -0.05) is 24.3 Å². The van der Waals surface area contributed by atoms with Crippen molar-refractivity contribution in [2.45, 2.75) is 12.6 Å². The van der Waals surface area contributed by atoms with Gasteiger partial charge < -0.3 is 5.32 Å². The van der Waals surface area contributed by atoms with Gasteiger partial charge in [0.25, 0.3) is 0 Å². The summed E-state index contributed by atoms with van der Waals surface area (Å²) in [6, 6.07) is 15.6. The summed E-state index contributed by atoms with van der Waals surface area (Å²) >= 11 is 0. The summed E-state index contributed by atoms with van der Waals surface area (Å²) in [5.41, 5.74) is 1.25. The molecular weight excluding hydrogens is 251 g/mol. The molecule has 0 aliphatic carbocycles. The van der Waals surface area contributed by atoms with Crippen LogP contribution in [0.2, 0.25) is 0 Å². The van der Waals surface area contributed by atoms with Crippen molar-refractivity contribution in [1.29, 1.82) is 0 Å². The van der Waals surface area contributed by atoms with Crippen molar-refractivity contribution in [3.63, 3.8) is 0 Å². The third kappa shape index (κ3) is 4.02. The number of nitrogens with one attached hydrogen (secondary N) is 1. The van der Waals surface area contributed by atoms with Gasteiger partial charge in [0, 0.05) is 12.2 Å². The molecule has 4 heteroatoms. The number of rotatable bonds is 4. The highest BCUT2D eigenvalue weighted by Crippen LogP contribution is 2.29. The lowest BCUT2D eigenvalue weighted by molar-refractivity contribution is -0.137. The first-order valence-electron chi connectivity index (χ1n) is 5.92. The highest BCUT2D eigenvalue weighted by molar-refractivity contribution is 5.42. The largest absolute Gasteiger partial charge is 0.416 e. The van der Waals surface area contributed by atoms with E-state index in [2.05, 4.69) is 11.4 Å². The number of hydrogen-bond acceptors (Lipinski definition) is 1. The van der Waals surface area contributed by atoms with Crippen LogP contribution in [0.3, 0.4) is 0 Å². The predicted molar refractivity (Wildman–Crippen MR) is 68.9 cm³/mol. The van der Waals surface area contributed by atoms with E-state index in [1.165, 1.54) is 12.1 Å². The first-order valence-corrected chi connectivity index (χ1v) is 5.92. The smallest absolute Gasteiger partial charge is 0.385 e. The number of hydrogen-bond donors (Lipinski definition) is 1. The van der Waals surface area contributed by atoms with E-state index in [4.69, 9.17) is 0 Å². The van der Waals surface area contributed by atoms with Crippen LogP contribution in [0.15, 0.2) is 48.5 Å². The van der Waals surface area contributed by atoms with Gasteiger partial charge in [0.15, 0.2) is 0 Å². The van der Waals surface area contributed by atoms with Crippen LogP contribution in [0.4, 0.5) is 18.9 Å². The van der Waals surface area contributed by atoms with Crippen LogP contribution in [-0.2, 0) is 12.6 Å². The molecule has 0 saturated carbocycles. The summed E-state index contributed by atoms with van der Waals surface area (Å²) in [5.74, 6) is 0. The Morgan fingerprint density at radius 1 is 0.947 bits per heavy atom. The van der Waals surface area contributed by atoms with E-state index in [-0.39, 0.29) is 0 Å². The molecule has 1 radical (unpaired) electrons. The molecule has 0 unspecified atom stereocenters. The first kappa shape index (κ1) is 13.5. The van der Waals surface area contributed by atoms with Gasteiger partial charge in [-0.2, -0.15) is 13.2 Å². The van der Waals surface area contributed by atoms with Gasteiger partial charge in [0.2, 0.25) is 0 Å². The van der Waals surface area contributed by atoms with E-state index in [1.54, 1.807) is 12.1 Å². The third-order valence-electron chi connectivity index (χ3n) is 2.74. The molecule has 0 saturated heterocycles. The Morgan fingerprint density at radius 2 is 1.58 bits per heavy atom. The zero-order chi connectivity index (χ0) is 13.7. The predicted octanol–water partition coefficient (Wildman–Crippen LogP) is 4.16. The second kappa shape index (κ2) is 5.78. The second-order valence-corrected chi connectivity index (χ2v) is 4.16. The van der Waals surface area contributed by atoms with Crippen LogP contribution in [0.25, 0.3) is 0 Å². The van der Waals surface area contributed by atoms with Crippen LogP contribution < -0.4 is 5.32 Å². The standard InChI is InChI=1S/C15H13F3N/c16-15(17,18)13-8-6-12(7-9-13)10-11-19-14-4-2-1-3-5-14/h2-9,19H,10-11H2. The van der Waals surface area contributed by atoms with Crippen molar-refractivity contribution < 1.29 is 13.2 Å². The zero-order valence-corrected chi connectivity index (χ0v) is 10.2. The van der Waals surface area contributed by atoms with Crippen molar-refractivity contribution in [1.82, 2.24) is 0 Å². The minimum Gasteiger partial charge on any atom is -0.385 e. The van der Waals surface area contributed by atoms with Crippen molar-refractivity contribution in [3.05, 3.63) is 65.7 Å². The van der Waals surface area contributed by atoms with E-state index in [0.29, 0.717) is 13.0 Å². The molecule has 0 bridgehead atoms. The lowest BCUT2D eigenvalue weighted by Crippen LogP contribution is -2.07. The molecule has 0 amide bonds. The fraction of sp³-hybridized carbons (Fsp3) is 0.200. The minimum atomic E-state index is -4.27. The maximum Gasteiger partial charge on any atom is 0.416 e. The zero-order valence-electron chi connectivity index (χ0n) is 10.2. The fourth-order valence-corrected chi connectivity index (χ4v) is 1.72. The van der Waals surface area contributed by atoms with Gasteiger partial charge in [-0.05, 0) is 42.3 Å². The van der Waals surface area contributed by atoms with Gasteiger partial charge in [0.1, 0.15) is 0 Å². The van der Waals surface area contributed by atoms with Gasteiger partial charge >= 0.3 is 6.18 Å². The number of halogens is 3. The summed E-state index contributed by atoms with van der Waals surface area (Å²) < 4.78 is 37.1. The Labute approximate surface area is 110 Å². The molecular formula is C15H13F3N. The molecule has 99 valence electrons. The second-order valence-electron chi connectivity index (χ2n) is 4.16. The fourth-order valence-electron chi connectivity index (χ4n) is 1.72. The van der Waals surface area contributed by atoms with Crippen LogP contribution in [0, 0.1) is 6.07 Å². The van der Waals surface area contributed by atoms with Crippen LogP contribution in [-0.4, -0.2) is 6.54 Å². The Hall–Kier alpha value is -1.97. The molecule has 0 aliphatic rings. The Balaban J connectivity index is 1.87. The van der Waals surface area contributed by atoms with Crippen molar-refractivity contribution in [2.24, 2.45) is 0 Å². The first-order chi connectivity index (χ1) is 9.05. The molecule has 2 aromatic carbocycles. The third-order valence-corrected chi connectivity index (χ3v) is 2.74. The molecule has 0 heterocycles. The lowest BCUT2D eigenvalue weighted by atomic mass is 10.1. The van der Waals surface area contributed by atoms with Gasteiger partial charge in [-0.15, -0.1) is 0 Å². The minimum absolute atomic E-state index is 0.609. The van der Waals surface area contributed by atoms with Crippen LogP contribution >= 0.6 is 0 Å². The molecule has 0 aliphatic heterocycles. The van der Waals surface area contributed by atoms with Crippen LogP contribution in [0.1, 0.15) is 11.1 Å². The van der Waals surface area contributed by atoms with E-state index < -0.39 is 11.7 Å². The normalized spacial score (nSPS) is 11.3. The monoisotopic (exact) mass is 264 g/mol. The maximum atomic E-state index is 12.4. The summed E-state index contributed by atoms with van der Waals surface area (Å²) in [4.78, 5) is 0. The van der Waals surface area contributed by atoms with Crippen molar-refractivity contribution >= 4 is 5.69 Å². The number of benzene rings is 2. The molecule has 0 atom stereocenters. The highest BCUT2D eigenvalue weighted by atomic mass is 19.4. The van der Waals surface area contributed by atoms with E-state index in [9.17, 15) is 13.2 Å². The summed E-state index contributed by atoms with van der Waals surface area (Å²) in [6.45, 7) is 0.676.